The Morgan fingerprint density at radius 3 is 2.15 bits per heavy atom. The van der Waals surface area contributed by atoms with Crippen molar-refractivity contribution in [2.45, 2.75) is 25.3 Å². The average Bonchev–Trinajstić information content (AvgIpc) is 3.06. The van der Waals surface area contributed by atoms with Gasteiger partial charge in [-0.05, 0) is 24.7 Å². The van der Waals surface area contributed by atoms with Crippen LogP contribution < -0.4 is 5.32 Å². The summed E-state index contributed by atoms with van der Waals surface area (Å²) >= 11 is 0. The fourth-order valence-corrected chi connectivity index (χ4v) is 4.16. The Morgan fingerprint density at radius 2 is 1.60 bits per heavy atom. The van der Waals surface area contributed by atoms with Crippen molar-refractivity contribution in [3.05, 3.63) is 12.2 Å². The minimum absolute atomic E-state index is 0.139. The van der Waals surface area contributed by atoms with Crippen LogP contribution in [0, 0.1) is 23.7 Å². The second-order valence-corrected chi connectivity index (χ2v) is 6.01. The van der Waals surface area contributed by atoms with Crippen molar-refractivity contribution in [2.24, 2.45) is 23.7 Å². The molecule has 104 valence electrons. The fourth-order valence-electron chi connectivity index (χ4n) is 4.16. The summed E-state index contributed by atoms with van der Waals surface area (Å²) in [6.45, 7) is 0. The van der Waals surface area contributed by atoms with Crippen LogP contribution in [0.2, 0.25) is 0 Å². The molecule has 1 N–H and O–H groups in total. The second kappa shape index (κ2) is 3.77. The Bertz CT molecular complexity index is 552. The van der Waals surface area contributed by atoms with Crippen LogP contribution in [0.3, 0.4) is 0 Å². The molecule has 0 unspecified atom stereocenters. The third-order valence-electron chi connectivity index (χ3n) is 5.03. The van der Waals surface area contributed by atoms with E-state index in [1.807, 2.05) is 12.2 Å². The van der Waals surface area contributed by atoms with Gasteiger partial charge in [0.05, 0.1) is 11.8 Å². The summed E-state index contributed by atoms with van der Waals surface area (Å²) in [5.41, 5.74) is 0. The van der Waals surface area contributed by atoms with E-state index in [-0.39, 0.29) is 54.2 Å². The number of nitrogens with one attached hydrogen (secondary N) is 1. The zero-order chi connectivity index (χ0) is 14.0. The maximum Gasteiger partial charge on any atom is 0.249 e. The number of carbonyl (C=O) groups is 4. The number of fused-ring (bicyclic) bond motifs is 5. The Balaban J connectivity index is 1.65. The molecule has 5 atom stereocenters. The van der Waals surface area contributed by atoms with E-state index in [0.717, 1.165) is 11.3 Å². The lowest BCUT2D eigenvalue weighted by Gasteiger charge is -2.29. The first-order valence-corrected chi connectivity index (χ1v) is 6.97. The van der Waals surface area contributed by atoms with Gasteiger partial charge in [0.15, 0.2) is 0 Å². The standard InChI is InChI=1S/C14H14N2O4/c17-9-4-3-8(12(18)15-9)16-13(19)10-6-1-2-7(5-6)11(10)14(16)20/h1-2,6-8,10-11H,3-5H2,(H,15,17,18)/t6-,7-,8+,10-,11+/m0/s1. The molecule has 0 radical (unpaired) electrons. The van der Waals surface area contributed by atoms with Crippen molar-refractivity contribution in [2.75, 3.05) is 0 Å². The third-order valence-corrected chi connectivity index (χ3v) is 5.03. The van der Waals surface area contributed by atoms with Gasteiger partial charge >= 0.3 is 0 Å². The molecule has 1 saturated carbocycles. The molecule has 0 aromatic carbocycles. The summed E-state index contributed by atoms with van der Waals surface area (Å²) < 4.78 is 0. The highest BCUT2D eigenvalue weighted by Crippen LogP contribution is 2.53. The number of rotatable bonds is 1. The van der Waals surface area contributed by atoms with E-state index in [1.54, 1.807) is 0 Å². The van der Waals surface area contributed by atoms with Gasteiger partial charge in [-0.3, -0.25) is 29.4 Å². The molecule has 6 heteroatoms. The van der Waals surface area contributed by atoms with Crippen molar-refractivity contribution in [1.82, 2.24) is 10.2 Å². The van der Waals surface area contributed by atoms with E-state index in [9.17, 15) is 19.2 Å². The van der Waals surface area contributed by atoms with Gasteiger partial charge in [0.25, 0.3) is 0 Å². The van der Waals surface area contributed by atoms with Gasteiger partial charge in [-0.2, -0.15) is 0 Å². The smallest absolute Gasteiger partial charge is 0.249 e. The number of hydrogen-bond donors (Lipinski definition) is 1. The van der Waals surface area contributed by atoms with Crippen LogP contribution in [-0.4, -0.2) is 34.6 Å². The lowest BCUT2D eigenvalue weighted by molar-refractivity contribution is -0.152. The molecule has 4 rings (SSSR count). The number of likely N-dealkylation sites (tertiary alicyclic amines) is 1. The number of carbonyl (C=O) groups excluding carboxylic acids is 4. The highest BCUT2D eigenvalue weighted by molar-refractivity contribution is 6.11. The van der Waals surface area contributed by atoms with Gasteiger partial charge in [-0.25, -0.2) is 0 Å². The van der Waals surface area contributed by atoms with Crippen LogP contribution in [0.4, 0.5) is 0 Å². The summed E-state index contributed by atoms with van der Waals surface area (Å²) in [4.78, 5) is 49.2. The van der Waals surface area contributed by atoms with E-state index in [1.165, 1.54) is 0 Å². The second-order valence-electron chi connectivity index (χ2n) is 6.01. The minimum atomic E-state index is -0.808. The number of imide groups is 2. The van der Waals surface area contributed by atoms with Crippen LogP contribution in [0.25, 0.3) is 0 Å². The largest absolute Gasteiger partial charge is 0.295 e. The molecular formula is C14H14N2O4. The van der Waals surface area contributed by atoms with E-state index in [2.05, 4.69) is 5.32 Å². The Kier molecular flexibility index (Phi) is 2.23. The van der Waals surface area contributed by atoms with Gasteiger partial charge in [-0.1, -0.05) is 12.2 Å². The van der Waals surface area contributed by atoms with Crippen LogP contribution in [0.1, 0.15) is 19.3 Å². The lowest BCUT2D eigenvalue weighted by Crippen LogP contribution is -2.54. The minimum Gasteiger partial charge on any atom is -0.295 e. The summed E-state index contributed by atoms with van der Waals surface area (Å²) in [5, 5.41) is 2.21. The Labute approximate surface area is 115 Å². The molecule has 2 saturated heterocycles. The average molecular weight is 274 g/mol. The van der Waals surface area contributed by atoms with Gasteiger partial charge in [-0.15, -0.1) is 0 Å². The SMILES string of the molecule is O=C1CC[C@@H](N2C(=O)[C@@H]3[C@H](C2=O)[C@H]2C=C[C@H]3C2)C(=O)N1. The number of amides is 4. The highest BCUT2D eigenvalue weighted by atomic mass is 16.2. The number of allylic oxidation sites excluding steroid dienone is 2. The summed E-state index contributed by atoms with van der Waals surface area (Å²) in [6, 6.07) is -0.808. The van der Waals surface area contributed by atoms with Gasteiger partial charge in [0.1, 0.15) is 6.04 Å². The van der Waals surface area contributed by atoms with Crippen LogP contribution >= 0.6 is 0 Å². The van der Waals surface area contributed by atoms with Gasteiger partial charge in [0, 0.05) is 6.42 Å². The normalized spacial score (nSPS) is 42.4. The molecule has 0 aromatic rings. The maximum absolute atomic E-state index is 12.5. The first-order valence-electron chi connectivity index (χ1n) is 6.97. The Morgan fingerprint density at radius 1 is 1.00 bits per heavy atom. The van der Waals surface area contributed by atoms with Crippen molar-refractivity contribution in [3.63, 3.8) is 0 Å². The molecule has 2 aliphatic carbocycles. The molecule has 3 fully saturated rings. The third kappa shape index (κ3) is 1.34. The van der Waals surface area contributed by atoms with Crippen molar-refractivity contribution < 1.29 is 19.2 Å². The van der Waals surface area contributed by atoms with Gasteiger partial charge in [0.2, 0.25) is 23.6 Å². The zero-order valence-electron chi connectivity index (χ0n) is 10.7. The Hall–Kier alpha value is -1.98. The van der Waals surface area contributed by atoms with E-state index in [4.69, 9.17) is 0 Å². The molecule has 2 heterocycles. The van der Waals surface area contributed by atoms with Crippen molar-refractivity contribution >= 4 is 23.6 Å². The number of hydrogen-bond acceptors (Lipinski definition) is 4. The molecule has 6 nitrogen and oxygen atoms in total. The highest BCUT2D eigenvalue weighted by Gasteiger charge is 2.61. The van der Waals surface area contributed by atoms with Crippen LogP contribution in [0.5, 0.6) is 0 Å². The summed E-state index contributed by atoms with van der Waals surface area (Å²) in [6.07, 6.45) is 5.32. The maximum atomic E-state index is 12.5. The zero-order valence-corrected chi connectivity index (χ0v) is 10.7. The molecular weight excluding hydrogens is 260 g/mol. The summed E-state index contributed by atoms with van der Waals surface area (Å²) in [7, 11) is 0. The van der Waals surface area contributed by atoms with E-state index in [0.29, 0.717) is 0 Å². The molecule has 2 bridgehead atoms. The first kappa shape index (κ1) is 11.8. The summed E-state index contributed by atoms with van der Waals surface area (Å²) in [5.74, 6) is -1.63. The molecule has 4 aliphatic rings. The first-order chi connectivity index (χ1) is 9.58. The molecule has 0 aromatic heterocycles. The fraction of sp³-hybridized carbons (Fsp3) is 0.571. The van der Waals surface area contributed by atoms with Crippen molar-refractivity contribution in [1.29, 1.82) is 0 Å². The quantitative estimate of drug-likeness (QED) is 0.521. The molecule has 20 heavy (non-hydrogen) atoms. The predicted octanol–water partition coefficient (Wildman–Crippen LogP) is -0.401. The van der Waals surface area contributed by atoms with E-state index >= 15 is 0 Å². The monoisotopic (exact) mass is 274 g/mol. The molecule has 0 spiro atoms. The van der Waals surface area contributed by atoms with Crippen LogP contribution in [0.15, 0.2) is 12.2 Å². The number of piperidine rings is 1. The number of nitrogens with zero attached hydrogens (tertiary/aromatic N) is 1. The van der Waals surface area contributed by atoms with Crippen LogP contribution in [-0.2, 0) is 19.2 Å². The predicted molar refractivity (Wildman–Crippen MR) is 65.7 cm³/mol. The molecule has 4 amide bonds. The molecule has 2 aliphatic heterocycles. The van der Waals surface area contributed by atoms with Gasteiger partial charge < -0.3 is 0 Å². The lowest BCUT2D eigenvalue weighted by atomic mass is 9.85. The topological polar surface area (TPSA) is 83.6 Å². The van der Waals surface area contributed by atoms with Crippen molar-refractivity contribution in [3.8, 4) is 0 Å². The van der Waals surface area contributed by atoms with E-state index < -0.39 is 11.9 Å².